The van der Waals surface area contributed by atoms with E-state index >= 15 is 0 Å². The van der Waals surface area contributed by atoms with Crippen LogP contribution in [0.15, 0.2) is 18.4 Å². The molecule has 0 aromatic rings. The summed E-state index contributed by atoms with van der Waals surface area (Å²) in [5, 5.41) is 0. The Morgan fingerprint density at radius 3 is 2.58 bits per heavy atom. The van der Waals surface area contributed by atoms with Gasteiger partial charge >= 0.3 is 0 Å². The van der Waals surface area contributed by atoms with Gasteiger partial charge in [-0.3, -0.25) is 4.90 Å². The molecule has 0 amide bonds. The molecule has 2 aliphatic rings. The molecule has 2 unspecified atom stereocenters. The molecule has 1 aliphatic heterocycles. The van der Waals surface area contributed by atoms with Crippen LogP contribution in [-0.4, -0.2) is 24.5 Å². The molecule has 12 heavy (non-hydrogen) atoms. The minimum absolute atomic E-state index is 1.02. The van der Waals surface area contributed by atoms with E-state index in [-0.39, 0.29) is 0 Å². The van der Waals surface area contributed by atoms with Gasteiger partial charge in [0.15, 0.2) is 0 Å². The van der Waals surface area contributed by atoms with Gasteiger partial charge in [-0.25, -0.2) is 0 Å². The predicted molar refractivity (Wildman–Crippen MR) is 51.0 cm³/mol. The van der Waals surface area contributed by atoms with Crippen LogP contribution in [0.1, 0.15) is 19.3 Å². The molecule has 0 spiro atoms. The third-order valence-corrected chi connectivity index (χ3v) is 3.30. The van der Waals surface area contributed by atoms with E-state index in [1.807, 2.05) is 6.08 Å². The Hall–Kier alpha value is -0.520. The quantitative estimate of drug-likeness (QED) is 0.563. The van der Waals surface area contributed by atoms with Gasteiger partial charge in [0.05, 0.1) is 0 Å². The summed E-state index contributed by atoms with van der Waals surface area (Å²) in [5.41, 5.74) is 2.84. The van der Waals surface area contributed by atoms with Gasteiger partial charge in [-0.1, -0.05) is 13.0 Å². The number of rotatable bonds is 2. The van der Waals surface area contributed by atoms with Crippen LogP contribution in [0.25, 0.3) is 0 Å². The molecule has 1 aliphatic carbocycles. The SMILES string of the molecule is C=C=CCN1CC2CCCC2C1. The lowest BCUT2D eigenvalue weighted by atomic mass is 10.0. The maximum atomic E-state index is 3.59. The van der Waals surface area contributed by atoms with Crippen molar-refractivity contribution in [2.75, 3.05) is 19.6 Å². The summed E-state index contributed by atoms with van der Waals surface area (Å²) in [5.74, 6) is 2.03. The van der Waals surface area contributed by atoms with Gasteiger partial charge in [-0.15, -0.1) is 5.73 Å². The molecule has 0 bridgehead atoms. The lowest BCUT2D eigenvalue weighted by molar-refractivity contribution is 0.344. The van der Waals surface area contributed by atoms with E-state index < -0.39 is 0 Å². The minimum Gasteiger partial charge on any atom is -0.298 e. The van der Waals surface area contributed by atoms with E-state index in [1.54, 1.807) is 0 Å². The maximum Gasteiger partial charge on any atom is 0.0238 e. The van der Waals surface area contributed by atoms with Gasteiger partial charge in [0.1, 0.15) is 0 Å². The summed E-state index contributed by atoms with van der Waals surface area (Å²) in [6, 6.07) is 0. The van der Waals surface area contributed by atoms with Crippen molar-refractivity contribution in [3.05, 3.63) is 18.4 Å². The fraction of sp³-hybridized carbons (Fsp3) is 0.727. The largest absolute Gasteiger partial charge is 0.298 e. The molecule has 1 nitrogen and oxygen atoms in total. The summed E-state index contributed by atoms with van der Waals surface area (Å²) in [6.07, 6.45) is 6.46. The van der Waals surface area contributed by atoms with Crippen molar-refractivity contribution in [1.29, 1.82) is 0 Å². The van der Waals surface area contributed by atoms with Crippen molar-refractivity contribution in [2.24, 2.45) is 11.8 Å². The highest BCUT2D eigenvalue weighted by Gasteiger charge is 2.35. The summed E-state index contributed by atoms with van der Waals surface area (Å²) in [6.45, 7) is 7.30. The molecule has 1 heterocycles. The number of fused-ring (bicyclic) bond motifs is 1. The highest BCUT2D eigenvalue weighted by atomic mass is 15.1. The van der Waals surface area contributed by atoms with E-state index in [0.29, 0.717) is 0 Å². The third-order valence-electron chi connectivity index (χ3n) is 3.30. The second kappa shape index (κ2) is 3.47. The molecule has 0 N–H and O–H groups in total. The van der Waals surface area contributed by atoms with Crippen molar-refractivity contribution < 1.29 is 0 Å². The van der Waals surface area contributed by atoms with Crippen LogP contribution in [0, 0.1) is 11.8 Å². The lowest BCUT2D eigenvalue weighted by Crippen LogP contribution is -2.21. The molecule has 0 radical (unpaired) electrons. The van der Waals surface area contributed by atoms with E-state index in [0.717, 1.165) is 18.4 Å². The lowest BCUT2D eigenvalue weighted by Gasteiger charge is -2.12. The number of hydrogen-bond acceptors (Lipinski definition) is 1. The molecular weight excluding hydrogens is 146 g/mol. The average Bonchev–Trinajstić information content (AvgIpc) is 2.58. The Morgan fingerprint density at radius 2 is 2.00 bits per heavy atom. The fourth-order valence-electron chi connectivity index (χ4n) is 2.67. The monoisotopic (exact) mass is 163 g/mol. The molecule has 1 heteroatoms. The third kappa shape index (κ3) is 1.48. The van der Waals surface area contributed by atoms with Crippen molar-refractivity contribution >= 4 is 0 Å². The summed E-state index contributed by atoms with van der Waals surface area (Å²) < 4.78 is 0. The van der Waals surface area contributed by atoms with E-state index in [9.17, 15) is 0 Å². The Morgan fingerprint density at radius 1 is 1.33 bits per heavy atom. The first kappa shape index (κ1) is 8.10. The Balaban J connectivity index is 1.86. The van der Waals surface area contributed by atoms with E-state index in [2.05, 4.69) is 17.2 Å². The van der Waals surface area contributed by atoms with Crippen molar-refractivity contribution in [1.82, 2.24) is 4.90 Å². The number of nitrogens with zero attached hydrogens (tertiary/aromatic N) is 1. The van der Waals surface area contributed by atoms with Crippen LogP contribution in [0.5, 0.6) is 0 Å². The second-order valence-electron chi connectivity index (χ2n) is 4.08. The minimum atomic E-state index is 1.02. The van der Waals surface area contributed by atoms with E-state index in [1.165, 1.54) is 32.4 Å². The normalized spacial score (nSPS) is 34.7. The van der Waals surface area contributed by atoms with E-state index in [4.69, 9.17) is 0 Å². The highest BCUT2D eigenvalue weighted by Crippen LogP contribution is 2.37. The topological polar surface area (TPSA) is 3.24 Å². The molecule has 0 aromatic carbocycles. The van der Waals surface area contributed by atoms with Crippen LogP contribution >= 0.6 is 0 Å². The molecule has 2 fully saturated rings. The van der Waals surface area contributed by atoms with Gasteiger partial charge < -0.3 is 0 Å². The zero-order valence-electron chi connectivity index (χ0n) is 7.63. The fourth-order valence-corrected chi connectivity index (χ4v) is 2.67. The summed E-state index contributed by atoms with van der Waals surface area (Å²) in [7, 11) is 0. The van der Waals surface area contributed by atoms with Crippen LogP contribution in [0.2, 0.25) is 0 Å². The Bertz CT molecular complexity index is 191. The first-order valence-electron chi connectivity index (χ1n) is 4.97. The molecule has 0 aromatic heterocycles. The van der Waals surface area contributed by atoms with Crippen LogP contribution in [0.3, 0.4) is 0 Å². The molecule has 2 atom stereocenters. The van der Waals surface area contributed by atoms with Crippen molar-refractivity contribution in [2.45, 2.75) is 19.3 Å². The second-order valence-corrected chi connectivity index (χ2v) is 4.08. The van der Waals surface area contributed by atoms with Crippen LogP contribution in [-0.2, 0) is 0 Å². The molecule has 2 rings (SSSR count). The van der Waals surface area contributed by atoms with Crippen molar-refractivity contribution in [3.8, 4) is 0 Å². The van der Waals surface area contributed by atoms with Gasteiger partial charge in [-0.05, 0) is 30.8 Å². The van der Waals surface area contributed by atoms with Crippen molar-refractivity contribution in [3.63, 3.8) is 0 Å². The highest BCUT2D eigenvalue weighted by molar-refractivity contribution is 4.91. The smallest absolute Gasteiger partial charge is 0.0238 e. The molecule has 66 valence electrons. The Labute approximate surface area is 74.8 Å². The molecule has 1 saturated heterocycles. The molecular formula is C11H17N. The predicted octanol–water partition coefficient (Wildman–Crippen LogP) is 2.06. The zero-order valence-corrected chi connectivity index (χ0v) is 7.63. The standard InChI is InChI=1S/C11H17N/c1-2-3-7-12-8-10-5-4-6-11(10)9-12/h3,10-11H,1,4-9H2. The first-order valence-corrected chi connectivity index (χ1v) is 4.97. The summed E-state index contributed by atoms with van der Waals surface area (Å²) in [4.78, 5) is 2.53. The maximum absolute atomic E-state index is 3.59. The average molecular weight is 163 g/mol. The molecule has 1 saturated carbocycles. The summed E-state index contributed by atoms with van der Waals surface area (Å²) >= 11 is 0. The Kier molecular flexibility index (Phi) is 2.34. The van der Waals surface area contributed by atoms with Gasteiger partial charge in [0, 0.05) is 19.6 Å². The van der Waals surface area contributed by atoms with Crippen LogP contribution < -0.4 is 0 Å². The number of hydrogen-bond donors (Lipinski definition) is 0. The van der Waals surface area contributed by atoms with Gasteiger partial charge in [-0.2, -0.15) is 0 Å². The zero-order chi connectivity index (χ0) is 8.39. The number of likely N-dealkylation sites (tertiary alicyclic amines) is 1. The van der Waals surface area contributed by atoms with Gasteiger partial charge in [0.2, 0.25) is 0 Å². The van der Waals surface area contributed by atoms with Gasteiger partial charge in [0.25, 0.3) is 0 Å². The van der Waals surface area contributed by atoms with Crippen LogP contribution in [0.4, 0.5) is 0 Å². The first-order chi connectivity index (χ1) is 5.90.